The van der Waals surface area contributed by atoms with Crippen molar-refractivity contribution in [1.29, 1.82) is 0 Å². The molecular weight excluding hydrogens is 226 g/mol. The summed E-state index contributed by atoms with van der Waals surface area (Å²) in [6.07, 6.45) is 6.86. The molecule has 2 heterocycles. The summed E-state index contributed by atoms with van der Waals surface area (Å²) in [5.74, 6) is 0.0962. The van der Waals surface area contributed by atoms with Crippen molar-refractivity contribution < 1.29 is 4.79 Å². The molecule has 96 valence electrons. The Hall–Kier alpha value is -1.84. The molecule has 2 rings (SSSR count). The van der Waals surface area contributed by atoms with Crippen LogP contribution in [-0.4, -0.2) is 20.1 Å². The lowest BCUT2D eigenvalue weighted by atomic mass is 10.2. The first-order valence-electron chi connectivity index (χ1n) is 6.31. The van der Waals surface area contributed by atoms with Gasteiger partial charge in [-0.25, -0.2) is 0 Å². The molecule has 0 fully saturated rings. The maximum absolute atomic E-state index is 11.2. The molecule has 0 aliphatic carbocycles. The molecule has 1 unspecified atom stereocenters. The quantitative estimate of drug-likeness (QED) is 0.760. The molecular formula is C14H19N3O. The van der Waals surface area contributed by atoms with Crippen LogP contribution in [0.25, 0.3) is 0 Å². The molecule has 0 N–H and O–H groups in total. The van der Waals surface area contributed by atoms with Gasteiger partial charge in [-0.05, 0) is 32.4 Å². The summed E-state index contributed by atoms with van der Waals surface area (Å²) in [5, 5.41) is 4.54. The largest absolute Gasteiger partial charge is 0.348 e. The van der Waals surface area contributed by atoms with E-state index in [1.54, 1.807) is 6.92 Å². The Morgan fingerprint density at radius 1 is 1.39 bits per heavy atom. The summed E-state index contributed by atoms with van der Waals surface area (Å²) in [6.45, 7) is 6.59. The van der Waals surface area contributed by atoms with Crippen molar-refractivity contribution in [2.24, 2.45) is 0 Å². The van der Waals surface area contributed by atoms with Gasteiger partial charge in [0.15, 0.2) is 5.78 Å². The lowest BCUT2D eigenvalue weighted by Gasteiger charge is -2.08. The molecule has 2 aromatic rings. The van der Waals surface area contributed by atoms with Crippen molar-refractivity contribution >= 4 is 5.78 Å². The van der Waals surface area contributed by atoms with Crippen molar-refractivity contribution in [2.75, 3.05) is 0 Å². The fraction of sp³-hybridized carbons (Fsp3) is 0.429. The van der Waals surface area contributed by atoms with Gasteiger partial charge in [0.1, 0.15) is 0 Å². The Labute approximate surface area is 107 Å². The highest BCUT2D eigenvalue weighted by Crippen LogP contribution is 2.11. The van der Waals surface area contributed by atoms with Gasteiger partial charge >= 0.3 is 0 Å². The van der Waals surface area contributed by atoms with E-state index in [0.717, 1.165) is 17.7 Å². The topological polar surface area (TPSA) is 39.8 Å². The predicted molar refractivity (Wildman–Crippen MR) is 70.8 cm³/mol. The van der Waals surface area contributed by atoms with Gasteiger partial charge in [0, 0.05) is 30.2 Å². The summed E-state index contributed by atoms with van der Waals surface area (Å²) in [7, 11) is 0. The lowest BCUT2D eigenvalue weighted by Crippen LogP contribution is -2.06. The van der Waals surface area contributed by atoms with Crippen LogP contribution in [0.15, 0.2) is 30.7 Å². The minimum atomic E-state index is 0.0962. The molecule has 2 aromatic heterocycles. The third-order valence-corrected chi connectivity index (χ3v) is 3.21. The van der Waals surface area contributed by atoms with Crippen LogP contribution in [0, 0.1) is 0 Å². The number of hydrogen-bond donors (Lipinski definition) is 0. The second-order valence-electron chi connectivity index (χ2n) is 4.67. The summed E-state index contributed by atoms with van der Waals surface area (Å²) >= 11 is 0. The van der Waals surface area contributed by atoms with Gasteiger partial charge in [-0.3, -0.25) is 9.48 Å². The third-order valence-electron chi connectivity index (χ3n) is 3.21. The van der Waals surface area contributed by atoms with Gasteiger partial charge in [-0.15, -0.1) is 0 Å². The van der Waals surface area contributed by atoms with Crippen molar-refractivity contribution in [2.45, 2.75) is 39.8 Å². The van der Waals surface area contributed by atoms with Crippen LogP contribution >= 0.6 is 0 Å². The van der Waals surface area contributed by atoms with Crippen LogP contribution in [0.3, 0.4) is 0 Å². The Morgan fingerprint density at radius 3 is 2.78 bits per heavy atom. The van der Waals surface area contributed by atoms with Gasteiger partial charge in [-0.2, -0.15) is 5.10 Å². The normalized spacial score (nSPS) is 12.6. The van der Waals surface area contributed by atoms with E-state index < -0.39 is 0 Å². The second-order valence-corrected chi connectivity index (χ2v) is 4.67. The minimum Gasteiger partial charge on any atom is -0.348 e. The van der Waals surface area contributed by atoms with E-state index in [2.05, 4.69) is 18.9 Å². The number of Topliss-reactive ketones (excluding diaryl/α,β-unsaturated/α-hetero) is 1. The van der Waals surface area contributed by atoms with Gasteiger partial charge in [-0.1, -0.05) is 6.92 Å². The molecule has 0 bridgehead atoms. The van der Waals surface area contributed by atoms with Crippen molar-refractivity contribution in [3.8, 4) is 0 Å². The SMILES string of the molecule is CCC(C)n1ccc(Cn2ccc(C(C)=O)c2)n1. The summed E-state index contributed by atoms with van der Waals surface area (Å²) < 4.78 is 3.98. The highest BCUT2D eigenvalue weighted by atomic mass is 16.1. The number of aromatic nitrogens is 3. The molecule has 0 aromatic carbocycles. The number of carbonyl (C=O) groups excluding carboxylic acids is 1. The Kier molecular flexibility index (Phi) is 3.65. The molecule has 0 aliphatic rings. The molecule has 0 radical (unpaired) electrons. The molecule has 4 nitrogen and oxygen atoms in total. The summed E-state index contributed by atoms with van der Waals surface area (Å²) in [4.78, 5) is 11.2. The first kappa shape index (κ1) is 12.6. The number of hydrogen-bond acceptors (Lipinski definition) is 2. The highest BCUT2D eigenvalue weighted by molar-refractivity contribution is 5.93. The van der Waals surface area contributed by atoms with E-state index in [4.69, 9.17) is 0 Å². The lowest BCUT2D eigenvalue weighted by molar-refractivity contribution is 0.101. The Morgan fingerprint density at radius 2 is 2.17 bits per heavy atom. The first-order valence-corrected chi connectivity index (χ1v) is 6.31. The van der Waals surface area contributed by atoms with E-state index in [1.165, 1.54) is 0 Å². The zero-order chi connectivity index (χ0) is 13.1. The third kappa shape index (κ3) is 2.70. The molecule has 0 saturated heterocycles. The minimum absolute atomic E-state index is 0.0962. The Bertz CT molecular complexity index is 539. The molecule has 4 heteroatoms. The zero-order valence-corrected chi connectivity index (χ0v) is 11.1. The predicted octanol–water partition coefficient (Wildman–Crippen LogP) is 2.91. The number of ketones is 1. The van der Waals surface area contributed by atoms with Crippen LogP contribution in [0.5, 0.6) is 0 Å². The summed E-state index contributed by atoms with van der Waals surface area (Å²) in [5.41, 5.74) is 1.76. The van der Waals surface area contributed by atoms with Crippen molar-refractivity contribution in [1.82, 2.24) is 14.3 Å². The average molecular weight is 245 g/mol. The molecule has 18 heavy (non-hydrogen) atoms. The van der Waals surface area contributed by atoms with E-state index >= 15 is 0 Å². The Balaban J connectivity index is 2.08. The summed E-state index contributed by atoms with van der Waals surface area (Å²) in [6, 6.07) is 4.30. The van der Waals surface area contributed by atoms with E-state index in [-0.39, 0.29) is 5.78 Å². The van der Waals surface area contributed by atoms with Gasteiger partial charge in [0.25, 0.3) is 0 Å². The van der Waals surface area contributed by atoms with Gasteiger partial charge in [0.05, 0.1) is 12.2 Å². The smallest absolute Gasteiger partial charge is 0.161 e. The fourth-order valence-electron chi connectivity index (χ4n) is 1.83. The van der Waals surface area contributed by atoms with Crippen LogP contribution < -0.4 is 0 Å². The molecule has 0 aliphatic heterocycles. The van der Waals surface area contributed by atoms with E-state index in [9.17, 15) is 4.79 Å². The molecule has 0 spiro atoms. The van der Waals surface area contributed by atoms with Crippen LogP contribution in [0.2, 0.25) is 0 Å². The van der Waals surface area contributed by atoms with Crippen LogP contribution in [0.1, 0.15) is 49.3 Å². The highest BCUT2D eigenvalue weighted by Gasteiger charge is 2.06. The number of rotatable bonds is 5. The average Bonchev–Trinajstić information content (AvgIpc) is 2.98. The standard InChI is InChI=1S/C14H19N3O/c1-4-11(2)17-8-6-14(15-17)10-16-7-5-13(9-16)12(3)18/h5-9,11H,4,10H2,1-3H3. The molecule has 0 amide bonds. The first-order chi connectivity index (χ1) is 8.60. The van der Waals surface area contributed by atoms with Crippen molar-refractivity contribution in [3.63, 3.8) is 0 Å². The number of nitrogens with zero attached hydrogens (tertiary/aromatic N) is 3. The molecule has 1 atom stereocenters. The number of carbonyl (C=O) groups is 1. The van der Waals surface area contributed by atoms with E-state index in [0.29, 0.717) is 12.6 Å². The van der Waals surface area contributed by atoms with E-state index in [1.807, 2.05) is 40.0 Å². The maximum Gasteiger partial charge on any atom is 0.161 e. The van der Waals surface area contributed by atoms with Gasteiger partial charge in [0.2, 0.25) is 0 Å². The maximum atomic E-state index is 11.2. The van der Waals surface area contributed by atoms with Crippen molar-refractivity contribution in [3.05, 3.63) is 42.0 Å². The zero-order valence-electron chi connectivity index (χ0n) is 11.1. The molecule has 0 saturated carbocycles. The van der Waals surface area contributed by atoms with Crippen LogP contribution in [0.4, 0.5) is 0 Å². The fourth-order valence-corrected chi connectivity index (χ4v) is 1.83. The van der Waals surface area contributed by atoms with Crippen LogP contribution in [-0.2, 0) is 6.54 Å². The monoisotopic (exact) mass is 245 g/mol. The van der Waals surface area contributed by atoms with Gasteiger partial charge < -0.3 is 4.57 Å². The second kappa shape index (κ2) is 5.21.